The summed E-state index contributed by atoms with van der Waals surface area (Å²) in [6.07, 6.45) is 0. The van der Waals surface area contributed by atoms with Crippen LogP contribution in [0.2, 0.25) is 0 Å². The van der Waals surface area contributed by atoms with Gasteiger partial charge in [0.1, 0.15) is 5.82 Å². The molecule has 0 atom stereocenters. The highest BCUT2D eigenvalue weighted by Crippen LogP contribution is 2.03. The highest BCUT2D eigenvalue weighted by atomic mass is 19.1. The molecule has 0 saturated carbocycles. The standard InChI is InChI=1S/C12H14FN3/c1-9-6-12(16-15-9)8-14-7-10-2-4-11(13)5-3-10/h2-6,14H,7-8H2,1H3,(H,15,16). The third-order valence-electron chi connectivity index (χ3n) is 2.31. The van der Waals surface area contributed by atoms with Crippen molar-refractivity contribution in [1.29, 1.82) is 0 Å². The van der Waals surface area contributed by atoms with E-state index in [2.05, 4.69) is 15.5 Å². The van der Waals surface area contributed by atoms with E-state index in [0.717, 1.165) is 17.0 Å². The van der Waals surface area contributed by atoms with Gasteiger partial charge in [-0.1, -0.05) is 12.1 Å². The second kappa shape index (κ2) is 4.90. The summed E-state index contributed by atoms with van der Waals surface area (Å²) >= 11 is 0. The highest BCUT2D eigenvalue weighted by Gasteiger charge is 1.97. The molecule has 0 aliphatic rings. The number of aryl methyl sites for hydroxylation is 1. The third kappa shape index (κ3) is 2.90. The molecular formula is C12H14FN3. The van der Waals surface area contributed by atoms with E-state index in [4.69, 9.17) is 0 Å². The summed E-state index contributed by atoms with van der Waals surface area (Å²) in [5, 5.41) is 10.2. The van der Waals surface area contributed by atoms with E-state index in [9.17, 15) is 4.39 Å². The van der Waals surface area contributed by atoms with Crippen LogP contribution in [0.1, 0.15) is 17.0 Å². The molecule has 16 heavy (non-hydrogen) atoms. The molecule has 0 fully saturated rings. The van der Waals surface area contributed by atoms with Crippen molar-refractivity contribution < 1.29 is 4.39 Å². The molecule has 0 saturated heterocycles. The quantitative estimate of drug-likeness (QED) is 0.827. The molecule has 4 heteroatoms. The van der Waals surface area contributed by atoms with E-state index in [1.54, 1.807) is 12.1 Å². The third-order valence-corrected chi connectivity index (χ3v) is 2.31. The summed E-state index contributed by atoms with van der Waals surface area (Å²) in [4.78, 5) is 0. The number of aromatic nitrogens is 2. The first-order valence-electron chi connectivity index (χ1n) is 5.20. The second-order valence-electron chi connectivity index (χ2n) is 3.77. The van der Waals surface area contributed by atoms with Crippen LogP contribution in [0.25, 0.3) is 0 Å². The van der Waals surface area contributed by atoms with Crippen molar-refractivity contribution >= 4 is 0 Å². The Balaban J connectivity index is 1.82. The molecule has 0 spiro atoms. The molecule has 2 aromatic rings. The van der Waals surface area contributed by atoms with Crippen LogP contribution in [0.4, 0.5) is 4.39 Å². The van der Waals surface area contributed by atoms with Crippen molar-refractivity contribution in [1.82, 2.24) is 15.5 Å². The van der Waals surface area contributed by atoms with Gasteiger partial charge in [0, 0.05) is 18.8 Å². The minimum absolute atomic E-state index is 0.202. The number of hydrogen-bond acceptors (Lipinski definition) is 2. The number of halogens is 1. The summed E-state index contributed by atoms with van der Waals surface area (Å²) in [7, 11) is 0. The zero-order valence-electron chi connectivity index (χ0n) is 9.13. The van der Waals surface area contributed by atoms with Gasteiger partial charge in [0.15, 0.2) is 0 Å². The van der Waals surface area contributed by atoms with E-state index in [1.807, 2.05) is 13.0 Å². The Bertz CT molecular complexity index is 448. The number of benzene rings is 1. The lowest BCUT2D eigenvalue weighted by molar-refractivity contribution is 0.624. The predicted octanol–water partition coefficient (Wildman–Crippen LogP) is 2.15. The Morgan fingerprint density at radius 3 is 2.62 bits per heavy atom. The lowest BCUT2D eigenvalue weighted by Gasteiger charge is -2.02. The number of aromatic amines is 1. The fourth-order valence-corrected chi connectivity index (χ4v) is 1.50. The van der Waals surface area contributed by atoms with Crippen molar-refractivity contribution in [2.45, 2.75) is 20.0 Å². The molecule has 0 aliphatic heterocycles. The minimum atomic E-state index is -0.202. The Kier molecular flexibility index (Phi) is 3.31. The van der Waals surface area contributed by atoms with Gasteiger partial charge in [-0.05, 0) is 30.7 Å². The first-order chi connectivity index (χ1) is 7.74. The van der Waals surface area contributed by atoms with Crippen LogP contribution in [0.3, 0.4) is 0 Å². The molecule has 2 rings (SSSR count). The van der Waals surface area contributed by atoms with Gasteiger partial charge in [0.05, 0.1) is 5.69 Å². The molecule has 1 aromatic heterocycles. The molecule has 0 unspecified atom stereocenters. The lowest BCUT2D eigenvalue weighted by Crippen LogP contribution is -2.12. The predicted molar refractivity (Wildman–Crippen MR) is 60.3 cm³/mol. The fourth-order valence-electron chi connectivity index (χ4n) is 1.50. The average Bonchev–Trinajstić information content (AvgIpc) is 2.67. The Hall–Kier alpha value is -1.68. The van der Waals surface area contributed by atoms with Crippen LogP contribution < -0.4 is 5.32 Å². The van der Waals surface area contributed by atoms with Crippen molar-refractivity contribution in [3.8, 4) is 0 Å². The summed E-state index contributed by atoms with van der Waals surface area (Å²) in [6.45, 7) is 3.39. The van der Waals surface area contributed by atoms with Gasteiger partial charge in [-0.2, -0.15) is 5.10 Å². The van der Waals surface area contributed by atoms with Gasteiger partial charge in [-0.25, -0.2) is 4.39 Å². The molecule has 0 amide bonds. The van der Waals surface area contributed by atoms with E-state index < -0.39 is 0 Å². The first-order valence-corrected chi connectivity index (χ1v) is 5.20. The van der Waals surface area contributed by atoms with Crippen molar-refractivity contribution in [3.63, 3.8) is 0 Å². The number of hydrogen-bond donors (Lipinski definition) is 2. The van der Waals surface area contributed by atoms with Crippen molar-refractivity contribution in [2.24, 2.45) is 0 Å². The molecule has 0 aliphatic carbocycles. The Morgan fingerprint density at radius 2 is 2.00 bits per heavy atom. The van der Waals surface area contributed by atoms with E-state index in [1.165, 1.54) is 12.1 Å². The largest absolute Gasteiger partial charge is 0.307 e. The zero-order valence-corrected chi connectivity index (χ0v) is 9.13. The topological polar surface area (TPSA) is 40.7 Å². The smallest absolute Gasteiger partial charge is 0.123 e. The molecule has 84 valence electrons. The van der Waals surface area contributed by atoms with Gasteiger partial charge in [0.2, 0.25) is 0 Å². The van der Waals surface area contributed by atoms with Gasteiger partial charge < -0.3 is 5.32 Å². The molecular weight excluding hydrogens is 205 g/mol. The number of rotatable bonds is 4. The molecule has 1 aromatic carbocycles. The second-order valence-corrected chi connectivity index (χ2v) is 3.77. The van der Waals surface area contributed by atoms with Crippen LogP contribution in [0.15, 0.2) is 30.3 Å². The maximum Gasteiger partial charge on any atom is 0.123 e. The fraction of sp³-hybridized carbons (Fsp3) is 0.250. The zero-order chi connectivity index (χ0) is 11.4. The molecule has 2 N–H and O–H groups in total. The Labute approximate surface area is 93.7 Å². The molecule has 1 heterocycles. The summed E-state index contributed by atoms with van der Waals surface area (Å²) in [5.41, 5.74) is 3.10. The van der Waals surface area contributed by atoms with Crippen LogP contribution in [0, 0.1) is 12.7 Å². The van der Waals surface area contributed by atoms with Gasteiger partial charge in [0.25, 0.3) is 0 Å². The van der Waals surface area contributed by atoms with Crippen LogP contribution >= 0.6 is 0 Å². The van der Waals surface area contributed by atoms with Gasteiger partial charge in [-0.15, -0.1) is 0 Å². The van der Waals surface area contributed by atoms with Gasteiger partial charge in [-0.3, -0.25) is 5.10 Å². The number of nitrogens with one attached hydrogen (secondary N) is 2. The maximum atomic E-state index is 12.6. The Morgan fingerprint density at radius 1 is 1.25 bits per heavy atom. The molecule has 0 bridgehead atoms. The van der Waals surface area contributed by atoms with Crippen molar-refractivity contribution in [3.05, 3.63) is 53.1 Å². The van der Waals surface area contributed by atoms with Gasteiger partial charge >= 0.3 is 0 Å². The van der Waals surface area contributed by atoms with Crippen LogP contribution in [0.5, 0.6) is 0 Å². The molecule has 3 nitrogen and oxygen atoms in total. The summed E-state index contributed by atoms with van der Waals surface area (Å²) in [5.74, 6) is -0.202. The van der Waals surface area contributed by atoms with E-state index in [0.29, 0.717) is 13.1 Å². The summed E-state index contributed by atoms with van der Waals surface area (Å²) < 4.78 is 12.6. The summed E-state index contributed by atoms with van der Waals surface area (Å²) in [6, 6.07) is 8.49. The SMILES string of the molecule is Cc1cc(CNCc2ccc(F)cc2)n[nH]1. The first kappa shape index (κ1) is 10.8. The molecule has 0 radical (unpaired) electrons. The average molecular weight is 219 g/mol. The maximum absolute atomic E-state index is 12.6. The minimum Gasteiger partial charge on any atom is -0.307 e. The van der Waals surface area contributed by atoms with Crippen LogP contribution in [-0.4, -0.2) is 10.2 Å². The highest BCUT2D eigenvalue weighted by molar-refractivity contribution is 5.16. The number of nitrogens with zero attached hydrogens (tertiary/aromatic N) is 1. The van der Waals surface area contributed by atoms with Crippen LogP contribution in [-0.2, 0) is 13.1 Å². The number of H-pyrrole nitrogens is 1. The monoisotopic (exact) mass is 219 g/mol. The van der Waals surface area contributed by atoms with E-state index >= 15 is 0 Å². The van der Waals surface area contributed by atoms with Crippen molar-refractivity contribution in [2.75, 3.05) is 0 Å². The lowest BCUT2D eigenvalue weighted by atomic mass is 10.2. The normalized spacial score (nSPS) is 10.6. The van der Waals surface area contributed by atoms with E-state index in [-0.39, 0.29) is 5.82 Å².